The number of benzene rings is 1. The van der Waals surface area contributed by atoms with Gasteiger partial charge in [0.2, 0.25) is 0 Å². The van der Waals surface area contributed by atoms with Gasteiger partial charge in [0.05, 0.1) is 6.61 Å². The van der Waals surface area contributed by atoms with Gasteiger partial charge in [0.1, 0.15) is 11.3 Å². The van der Waals surface area contributed by atoms with Crippen molar-refractivity contribution >= 4 is 11.6 Å². The van der Waals surface area contributed by atoms with Gasteiger partial charge in [-0.05, 0) is 58.0 Å². The van der Waals surface area contributed by atoms with Crippen molar-refractivity contribution in [3.05, 3.63) is 23.8 Å². The molecule has 21 heavy (non-hydrogen) atoms. The fourth-order valence-electron chi connectivity index (χ4n) is 2.67. The molecule has 5 heteroatoms. The van der Waals surface area contributed by atoms with Crippen molar-refractivity contribution in [3.8, 4) is 5.75 Å². The van der Waals surface area contributed by atoms with Gasteiger partial charge < -0.3 is 20.7 Å². The summed E-state index contributed by atoms with van der Waals surface area (Å²) in [4.78, 5) is 14.7. The van der Waals surface area contributed by atoms with Crippen LogP contribution in [0, 0.1) is 0 Å². The average molecular weight is 291 g/mol. The quantitative estimate of drug-likeness (QED) is 0.594. The van der Waals surface area contributed by atoms with Crippen molar-refractivity contribution in [2.45, 2.75) is 26.2 Å². The minimum Gasteiger partial charge on any atom is -0.493 e. The van der Waals surface area contributed by atoms with Crippen LogP contribution in [-0.2, 0) is 0 Å². The summed E-state index contributed by atoms with van der Waals surface area (Å²) in [6.07, 6.45) is 3.55. The van der Waals surface area contributed by atoms with E-state index < -0.39 is 0 Å². The van der Waals surface area contributed by atoms with Gasteiger partial charge in [0.25, 0.3) is 5.91 Å². The number of rotatable bonds is 7. The van der Waals surface area contributed by atoms with Gasteiger partial charge in [0.15, 0.2) is 0 Å². The fraction of sp³-hybridized carbons (Fsp3) is 0.562. The van der Waals surface area contributed by atoms with E-state index in [1.165, 1.54) is 25.9 Å². The molecule has 0 unspecified atom stereocenters. The molecule has 0 atom stereocenters. The van der Waals surface area contributed by atoms with Crippen molar-refractivity contribution in [1.29, 1.82) is 0 Å². The van der Waals surface area contributed by atoms with Gasteiger partial charge in [-0.15, -0.1) is 0 Å². The molecule has 1 saturated heterocycles. The van der Waals surface area contributed by atoms with E-state index in [4.69, 9.17) is 10.5 Å². The molecule has 0 saturated carbocycles. The molecule has 2 rings (SSSR count). The number of hydrogen-bond donors (Lipinski definition) is 2. The number of nitrogens with zero attached hydrogens (tertiary/aromatic N) is 1. The summed E-state index contributed by atoms with van der Waals surface area (Å²) < 4.78 is 5.48. The predicted molar refractivity (Wildman–Crippen MR) is 84.6 cm³/mol. The molecule has 1 aromatic rings. The van der Waals surface area contributed by atoms with Crippen molar-refractivity contribution in [2.75, 3.05) is 38.5 Å². The van der Waals surface area contributed by atoms with E-state index in [1.807, 2.05) is 6.92 Å². The number of amides is 1. The Kier molecular flexibility index (Phi) is 5.87. The Labute approximate surface area is 126 Å². The van der Waals surface area contributed by atoms with E-state index in [1.54, 1.807) is 18.2 Å². The lowest BCUT2D eigenvalue weighted by atomic mass is 10.1. The first-order valence-corrected chi connectivity index (χ1v) is 7.74. The molecule has 1 aliphatic rings. The average Bonchev–Trinajstić information content (AvgIpc) is 2.97. The lowest BCUT2D eigenvalue weighted by Crippen LogP contribution is -2.29. The first kappa shape index (κ1) is 15.6. The third-order valence-electron chi connectivity index (χ3n) is 3.72. The Balaban J connectivity index is 1.84. The van der Waals surface area contributed by atoms with Gasteiger partial charge in [-0.3, -0.25) is 4.79 Å². The molecule has 1 amide bonds. The maximum atomic E-state index is 12.3. The monoisotopic (exact) mass is 291 g/mol. The topological polar surface area (TPSA) is 67.6 Å². The van der Waals surface area contributed by atoms with Crippen LogP contribution in [0.4, 0.5) is 5.69 Å². The zero-order chi connectivity index (χ0) is 15.1. The lowest BCUT2D eigenvalue weighted by molar-refractivity contribution is 0.0949. The van der Waals surface area contributed by atoms with Crippen LogP contribution in [0.15, 0.2) is 18.2 Å². The standard InChI is InChI=1S/C16H25N3O2/c1-2-21-14-8-5-7-13(17)15(14)16(20)18-9-6-12-19-10-3-4-11-19/h5,7-8H,2-4,6,9-12,17H2,1H3,(H,18,20). The van der Waals surface area contributed by atoms with Crippen LogP contribution < -0.4 is 15.8 Å². The number of ether oxygens (including phenoxy) is 1. The van der Waals surface area contributed by atoms with Crippen molar-refractivity contribution in [3.63, 3.8) is 0 Å². The smallest absolute Gasteiger partial charge is 0.257 e. The number of carbonyl (C=O) groups excluding carboxylic acids is 1. The summed E-state index contributed by atoms with van der Waals surface area (Å²) in [6, 6.07) is 5.30. The molecule has 0 radical (unpaired) electrons. The summed E-state index contributed by atoms with van der Waals surface area (Å²) in [7, 11) is 0. The Bertz CT molecular complexity index is 471. The van der Waals surface area contributed by atoms with Gasteiger partial charge in [-0.2, -0.15) is 0 Å². The van der Waals surface area contributed by atoms with E-state index in [0.717, 1.165) is 13.0 Å². The Morgan fingerprint density at radius 3 is 2.86 bits per heavy atom. The molecule has 1 aromatic carbocycles. The van der Waals surface area contributed by atoms with Gasteiger partial charge in [0, 0.05) is 12.2 Å². The van der Waals surface area contributed by atoms with Gasteiger partial charge >= 0.3 is 0 Å². The summed E-state index contributed by atoms with van der Waals surface area (Å²) in [5.41, 5.74) is 6.81. The van der Waals surface area contributed by atoms with Crippen LogP contribution in [0.2, 0.25) is 0 Å². The summed E-state index contributed by atoms with van der Waals surface area (Å²) in [5.74, 6) is 0.396. The van der Waals surface area contributed by atoms with E-state index in [-0.39, 0.29) is 5.91 Å². The van der Waals surface area contributed by atoms with Crippen molar-refractivity contribution in [2.24, 2.45) is 0 Å². The number of likely N-dealkylation sites (tertiary alicyclic amines) is 1. The maximum absolute atomic E-state index is 12.3. The SMILES string of the molecule is CCOc1cccc(N)c1C(=O)NCCCN1CCCC1. The Hall–Kier alpha value is -1.75. The maximum Gasteiger partial charge on any atom is 0.257 e. The number of hydrogen-bond acceptors (Lipinski definition) is 4. The van der Waals surface area contributed by atoms with Crippen LogP contribution in [0.25, 0.3) is 0 Å². The van der Waals surface area contributed by atoms with E-state index in [9.17, 15) is 4.79 Å². The molecule has 0 aromatic heterocycles. The number of nitrogen functional groups attached to an aromatic ring is 1. The van der Waals surface area contributed by atoms with Crippen molar-refractivity contribution < 1.29 is 9.53 Å². The molecule has 116 valence electrons. The van der Waals surface area contributed by atoms with Crippen molar-refractivity contribution in [1.82, 2.24) is 10.2 Å². The predicted octanol–water partition coefficient (Wildman–Crippen LogP) is 1.88. The Morgan fingerprint density at radius 1 is 1.38 bits per heavy atom. The second-order valence-electron chi connectivity index (χ2n) is 5.31. The molecule has 3 N–H and O–H groups in total. The molecule has 1 fully saturated rings. The molecular formula is C16H25N3O2. The summed E-state index contributed by atoms with van der Waals surface area (Å²) in [6.45, 7) is 6.49. The van der Waals surface area contributed by atoms with E-state index in [0.29, 0.717) is 30.2 Å². The largest absolute Gasteiger partial charge is 0.493 e. The highest BCUT2D eigenvalue weighted by Crippen LogP contribution is 2.24. The third kappa shape index (κ3) is 4.36. The van der Waals surface area contributed by atoms with Crippen LogP contribution in [0.5, 0.6) is 5.75 Å². The second kappa shape index (κ2) is 7.88. The number of nitrogens with one attached hydrogen (secondary N) is 1. The zero-order valence-electron chi connectivity index (χ0n) is 12.7. The minimum atomic E-state index is -0.155. The highest BCUT2D eigenvalue weighted by molar-refractivity contribution is 6.01. The lowest BCUT2D eigenvalue weighted by Gasteiger charge is -2.15. The zero-order valence-corrected chi connectivity index (χ0v) is 12.7. The third-order valence-corrected chi connectivity index (χ3v) is 3.72. The van der Waals surface area contributed by atoms with Crippen LogP contribution in [0.1, 0.15) is 36.5 Å². The Morgan fingerprint density at radius 2 is 2.14 bits per heavy atom. The second-order valence-corrected chi connectivity index (χ2v) is 5.31. The molecule has 1 aliphatic heterocycles. The number of anilines is 1. The first-order valence-electron chi connectivity index (χ1n) is 7.74. The minimum absolute atomic E-state index is 0.155. The van der Waals surface area contributed by atoms with Crippen LogP contribution in [0.3, 0.4) is 0 Å². The molecule has 5 nitrogen and oxygen atoms in total. The summed E-state index contributed by atoms with van der Waals surface area (Å²) >= 11 is 0. The van der Waals surface area contributed by atoms with E-state index in [2.05, 4.69) is 10.2 Å². The fourth-order valence-corrected chi connectivity index (χ4v) is 2.67. The molecule has 1 heterocycles. The van der Waals surface area contributed by atoms with E-state index >= 15 is 0 Å². The van der Waals surface area contributed by atoms with Crippen LogP contribution in [-0.4, -0.2) is 43.6 Å². The summed E-state index contributed by atoms with van der Waals surface area (Å²) in [5, 5.41) is 2.94. The molecule has 0 spiro atoms. The number of carbonyl (C=O) groups is 1. The highest BCUT2D eigenvalue weighted by atomic mass is 16.5. The molecular weight excluding hydrogens is 266 g/mol. The molecule has 0 aliphatic carbocycles. The molecule has 0 bridgehead atoms. The normalized spacial score (nSPS) is 15.1. The first-order chi connectivity index (χ1) is 10.2. The van der Waals surface area contributed by atoms with Gasteiger partial charge in [-0.25, -0.2) is 0 Å². The van der Waals surface area contributed by atoms with Gasteiger partial charge in [-0.1, -0.05) is 6.07 Å². The van der Waals surface area contributed by atoms with Crippen LogP contribution >= 0.6 is 0 Å². The number of nitrogens with two attached hydrogens (primary N) is 1. The highest BCUT2D eigenvalue weighted by Gasteiger charge is 2.16.